The van der Waals surface area contributed by atoms with Crippen LogP contribution in [0.2, 0.25) is 0 Å². The van der Waals surface area contributed by atoms with Gasteiger partial charge in [-0.25, -0.2) is 0 Å². The molecule has 1 aliphatic heterocycles. The van der Waals surface area contributed by atoms with Gasteiger partial charge in [-0.3, -0.25) is 4.90 Å². The van der Waals surface area contributed by atoms with Crippen LogP contribution in [-0.4, -0.2) is 48.5 Å². The quantitative estimate of drug-likeness (QED) is 0.901. The van der Waals surface area contributed by atoms with Crippen molar-refractivity contribution in [2.45, 2.75) is 32.0 Å². The van der Waals surface area contributed by atoms with Crippen LogP contribution < -0.4 is 0 Å². The van der Waals surface area contributed by atoms with Crippen LogP contribution in [0.1, 0.15) is 18.9 Å². The van der Waals surface area contributed by atoms with Gasteiger partial charge in [-0.15, -0.1) is 0 Å². The Morgan fingerprint density at radius 3 is 3.11 bits per heavy atom. The lowest BCUT2D eigenvalue weighted by Gasteiger charge is -2.35. The molecule has 1 fully saturated rings. The van der Waals surface area contributed by atoms with Crippen molar-refractivity contribution < 1.29 is 9.84 Å². The Hall–Kier alpha value is -0.420. The van der Waals surface area contributed by atoms with Crippen LogP contribution in [0.4, 0.5) is 0 Å². The number of hydrogen-bond acceptors (Lipinski definition) is 3. The second-order valence-electron chi connectivity index (χ2n) is 5.11. The van der Waals surface area contributed by atoms with Gasteiger partial charge < -0.3 is 9.84 Å². The number of rotatable bonds is 5. The van der Waals surface area contributed by atoms with Gasteiger partial charge in [0.1, 0.15) is 0 Å². The first-order chi connectivity index (χ1) is 9.19. The highest BCUT2D eigenvalue weighted by atomic mass is 79.9. The van der Waals surface area contributed by atoms with E-state index in [1.165, 1.54) is 0 Å². The summed E-state index contributed by atoms with van der Waals surface area (Å²) >= 11 is 3.46. The molecule has 3 nitrogen and oxygen atoms in total. The van der Waals surface area contributed by atoms with Crippen molar-refractivity contribution in [3.05, 3.63) is 34.3 Å². The van der Waals surface area contributed by atoms with E-state index < -0.39 is 6.10 Å². The number of aliphatic hydroxyl groups excluding tert-OH is 1. The van der Waals surface area contributed by atoms with Crippen LogP contribution in [0, 0.1) is 0 Å². The second kappa shape index (κ2) is 7.39. The molecule has 0 saturated carbocycles. The summed E-state index contributed by atoms with van der Waals surface area (Å²) in [6.45, 7) is 5.81. The molecule has 1 aromatic rings. The van der Waals surface area contributed by atoms with Crippen LogP contribution in [0.25, 0.3) is 0 Å². The third kappa shape index (κ3) is 4.56. The number of nitrogens with zero attached hydrogens (tertiary/aromatic N) is 1. The van der Waals surface area contributed by atoms with Crippen molar-refractivity contribution in [3.63, 3.8) is 0 Å². The van der Waals surface area contributed by atoms with Crippen molar-refractivity contribution in [2.24, 2.45) is 0 Å². The summed E-state index contributed by atoms with van der Waals surface area (Å²) < 4.78 is 6.77. The van der Waals surface area contributed by atoms with E-state index in [1.54, 1.807) is 0 Å². The Balaban J connectivity index is 1.90. The Bertz CT molecular complexity index is 397. The summed E-state index contributed by atoms with van der Waals surface area (Å²) in [5.74, 6) is 0. The summed E-state index contributed by atoms with van der Waals surface area (Å²) in [4.78, 5) is 2.37. The van der Waals surface area contributed by atoms with E-state index in [0.29, 0.717) is 6.42 Å². The lowest BCUT2D eigenvalue weighted by molar-refractivity contribution is -0.0877. The lowest BCUT2D eigenvalue weighted by Crippen LogP contribution is -2.48. The number of morpholine rings is 1. The monoisotopic (exact) mass is 327 g/mol. The largest absolute Gasteiger partial charge is 0.390 e. The maximum Gasteiger partial charge on any atom is 0.0964 e. The summed E-state index contributed by atoms with van der Waals surface area (Å²) in [7, 11) is 0. The molecule has 19 heavy (non-hydrogen) atoms. The molecule has 2 rings (SSSR count). The molecule has 4 heteroatoms. The highest BCUT2D eigenvalue weighted by molar-refractivity contribution is 9.10. The van der Waals surface area contributed by atoms with Crippen molar-refractivity contribution in [2.75, 3.05) is 26.2 Å². The first kappa shape index (κ1) is 15.0. The van der Waals surface area contributed by atoms with Gasteiger partial charge >= 0.3 is 0 Å². The zero-order valence-corrected chi connectivity index (χ0v) is 13.0. The summed E-state index contributed by atoms with van der Waals surface area (Å²) in [6.07, 6.45) is 1.28. The first-order valence-electron chi connectivity index (χ1n) is 6.95. The predicted octanol–water partition coefficient (Wildman–Crippen LogP) is 2.46. The van der Waals surface area contributed by atoms with Gasteiger partial charge in [0.05, 0.1) is 18.8 Å². The first-order valence-corrected chi connectivity index (χ1v) is 7.75. The van der Waals surface area contributed by atoms with E-state index in [9.17, 15) is 5.11 Å². The van der Waals surface area contributed by atoms with E-state index >= 15 is 0 Å². The molecule has 1 aliphatic rings. The zero-order valence-electron chi connectivity index (χ0n) is 11.4. The number of halogens is 1. The van der Waals surface area contributed by atoms with E-state index in [-0.39, 0.29) is 6.10 Å². The van der Waals surface area contributed by atoms with E-state index in [0.717, 1.165) is 42.7 Å². The Kier molecular flexibility index (Phi) is 5.82. The minimum atomic E-state index is -0.436. The van der Waals surface area contributed by atoms with Gasteiger partial charge in [0.15, 0.2) is 0 Å². The Morgan fingerprint density at radius 1 is 1.53 bits per heavy atom. The molecule has 1 heterocycles. The highest BCUT2D eigenvalue weighted by Crippen LogP contribution is 2.17. The molecular weight excluding hydrogens is 306 g/mol. The maximum atomic E-state index is 10.3. The highest BCUT2D eigenvalue weighted by Gasteiger charge is 2.26. The van der Waals surface area contributed by atoms with Crippen molar-refractivity contribution >= 4 is 15.9 Å². The second-order valence-corrected chi connectivity index (χ2v) is 6.03. The molecule has 0 aliphatic carbocycles. The number of hydrogen-bond donors (Lipinski definition) is 1. The van der Waals surface area contributed by atoms with Gasteiger partial charge in [-0.1, -0.05) is 35.0 Å². The number of benzene rings is 1. The Morgan fingerprint density at radius 2 is 2.37 bits per heavy atom. The van der Waals surface area contributed by atoms with E-state index in [1.807, 2.05) is 18.2 Å². The maximum absolute atomic E-state index is 10.3. The fourth-order valence-electron chi connectivity index (χ4n) is 2.52. The average molecular weight is 328 g/mol. The average Bonchev–Trinajstić information content (AvgIpc) is 2.39. The van der Waals surface area contributed by atoms with Gasteiger partial charge in [0, 0.05) is 24.0 Å². The molecule has 1 N–H and O–H groups in total. The molecule has 0 amide bonds. The van der Waals surface area contributed by atoms with Crippen LogP contribution in [-0.2, 0) is 11.2 Å². The van der Waals surface area contributed by atoms with Gasteiger partial charge in [-0.2, -0.15) is 0 Å². The Labute approximate surface area is 123 Å². The zero-order chi connectivity index (χ0) is 13.7. The van der Waals surface area contributed by atoms with Gasteiger partial charge in [-0.05, 0) is 30.7 Å². The molecule has 0 aromatic heterocycles. The van der Waals surface area contributed by atoms with E-state index in [2.05, 4.69) is 33.8 Å². The van der Waals surface area contributed by atoms with Crippen LogP contribution in [0.5, 0.6) is 0 Å². The van der Waals surface area contributed by atoms with Gasteiger partial charge in [0.2, 0.25) is 0 Å². The topological polar surface area (TPSA) is 32.7 Å². The summed E-state index contributed by atoms with van der Waals surface area (Å²) in [5, 5.41) is 10.3. The molecule has 0 bridgehead atoms. The van der Waals surface area contributed by atoms with Crippen molar-refractivity contribution in [1.29, 1.82) is 0 Å². The fraction of sp³-hybridized carbons (Fsp3) is 0.600. The molecule has 106 valence electrons. The molecule has 2 unspecified atom stereocenters. The number of aliphatic hydroxyl groups is 1. The van der Waals surface area contributed by atoms with Gasteiger partial charge in [0.25, 0.3) is 0 Å². The smallest absolute Gasteiger partial charge is 0.0964 e. The molecule has 0 radical (unpaired) electrons. The molecular formula is C15H22BrNO2. The molecule has 1 aromatic carbocycles. The molecule has 2 atom stereocenters. The van der Waals surface area contributed by atoms with Crippen LogP contribution in [0.15, 0.2) is 28.7 Å². The third-order valence-electron chi connectivity index (χ3n) is 3.48. The van der Waals surface area contributed by atoms with E-state index in [4.69, 9.17) is 4.74 Å². The standard InChI is InChI=1S/C15H22BrNO2/c1-2-6-17-7-8-19-15(11-17)14(18)10-12-4-3-5-13(16)9-12/h3-5,9,14-15,18H,2,6-8,10-11H2,1H3. The van der Waals surface area contributed by atoms with Crippen LogP contribution >= 0.6 is 15.9 Å². The predicted molar refractivity (Wildman–Crippen MR) is 80.3 cm³/mol. The molecule has 1 saturated heterocycles. The fourth-order valence-corrected chi connectivity index (χ4v) is 2.97. The third-order valence-corrected chi connectivity index (χ3v) is 3.97. The summed E-state index contributed by atoms with van der Waals surface area (Å²) in [6, 6.07) is 8.09. The van der Waals surface area contributed by atoms with Crippen LogP contribution in [0.3, 0.4) is 0 Å². The van der Waals surface area contributed by atoms with Crippen molar-refractivity contribution in [3.8, 4) is 0 Å². The number of ether oxygens (including phenoxy) is 1. The lowest BCUT2D eigenvalue weighted by atomic mass is 10.0. The van der Waals surface area contributed by atoms with Crippen molar-refractivity contribution in [1.82, 2.24) is 4.90 Å². The normalized spacial score (nSPS) is 22.4. The SMILES string of the molecule is CCCN1CCOC(C(O)Cc2cccc(Br)c2)C1. The minimum absolute atomic E-state index is 0.0701. The molecule has 0 spiro atoms. The summed E-state index contributed by atoms with van der Waals surface area (Å²) in [5.41, 5.74) is 1.14. The minimum Gasteiger partial charge on any atom is -0.390 e.